The normalized spacial score (nSPS) is 11.8. The number of hydrogen-bond acceptors (Lipinski definition) is 2. The molecule has 0 saturated heterocycles. The summed E-state index contributed by atoms with van der Waals surface area (Å²) >= 11 is 1.86. The van der Waals surface area contributed by atoms with E-state index < -0.39 is 0 Å². The standard InChI is InChI=1S/C35H21NS/c1-2-9-27-26(8-1)31-19-24(12-14-28(31)29-16-17-36-21-33(27)29)22-6-5-7-23(18-22)25-13-15-35-32(20-25)30-10-3-4-11-34(30)37-35/h1-21H. The number of nitrogens with zero attached hydrogens (tertiary/aromatic N) is 1. The van der Waals surface area contributed by atoms with Gasteiger partial charge in [0.15, 0.2) is 0 Å². The van der Waals surface area contributed by atoms with Gasteiger partial charge in [-0.1, -0.05) is 78.9 Å². The maximum atomic E-state index is 4.41. The van der Waals surface area contributed by atoms with E-state index >= 15 is 0 Å². The molecule has 0 unspecified atom stereocenters. The molecule has 8 rings (SSSR count). The van der Waals surface area contributed by atoms with Gasteiger partial charge in [-0.05, 0) is 85.6 Å². The van der Waals surface area contributed by atoms with Gasteiger partial charge in [0.25, 0.3) is 0 Å². The van der Waals surface area contributed by atoms with Crippen molar-refractivity contribution in [3.8, 4) is 22.3 Å². The first-order chi connectivity index (χ1) is 18.3. The lowest BCUT2D eigenvalue weighted by molar-refractivity contribution is 1.37. The zero-order valence-electron chi connectivity index (χ0n) is 20.0. The van der Waals surface area contributed by atoms with Crippen molar-refractivity contribution in [1.82, 2.24) is 4.98 Å². The minimum Gasteiger partial charge on any atom is -0.264 e. The molecule has 0 atom stereocenters. The molecule has 0 aliphatic carbocycles. The average molecular weight is 488 g/mol. The summed E-state index contributed by atoms with van der Waals surface area (Å²) in [5, 5.41) is 10.2. The van der Waals surface area contributed by atoms with Gasteiger partial charge in [-0.15, -0.1) is 11.3 Å². The zero-order chi connectivity index (χ0) is 24.3. The highest BCUT2D eigenvalue weighted by Crippen LogP contribution is 2.39. The Hall–Kier alpha value is -4.53. The topological polar surface area (TPSA) is 12.9 Å². The fourth-order valence-corrected chi connectivity index (χ4v) is 6.85. The lowest BCUT2D eigenvalue weighted by Gasteiger charge is -2.12. The van der Waals surface area contributed by atoms with Gasteiger partial charge in [0.2, 0.25) is 0 Å². The number of pyridine rings is 1. The van der Waals surface area contributed by atoms with Gasteiger partial charge in [-0.25, -0.2) is 0 Å². The highest BCUT2D eigenvalue weighted by molar-refractivity contribution is 7.25. The Balaban J connectivity index is 1.31. The smallest absolute Gasteiger partial charge is 0.0355 e. The second-order valence-corrected chi connectivity index (χ2v) is 10.7. The zero-order valence-corrected chi connectivity index (χ0v) is 20.8. The van der Waals surface area contributed by atoms with Crippen LogP contribution in [0.4, 0.5) is 0 Å². The number of fused-ring (bicyclic) bond motifs is 9. The minimum absolute atomic E-state index is 1.21. The number of benzene rings is 6. The Labute approximate surface area is 218 Å². The summed E-state index contributed by atoms with van der Waals surface area (Å²) in [5.41, 5.74) is 4.95. The van der Waals surface area contributed by atoms with E-state index in [4.69, 9.17) is 0 Å². The lowest BCUT2D eigenvalue weighted by atomic mass is 9.92. The van der Waals surface area contributed by atoms with Crippen LogP contribution in [0.15, 0.2) is 128 Å². The molecule has 172 valence electrons. The van der Waals surface area contributed by atoms with Crippen molar-refractivity contribution < 1.29 is 0 Å². The van der Waals surface area contributed by atoms with E-state index in [-0.39, 0.29) is 0 Å². The molecule has 0 bridgehead atoms. The monoisotopic (exact) mass is 487 g/mol. The van der Waals surface area contributed by atoms with Gasteiger partial charge < -0.3 is 0 Å². The van der Waals surface area contributed by atoms with E-state index in [0.29, 0.717) is 0 Å². The van der Waals surface area contributed by atoms with Gasteiger partial charge in [-0.3, -0.25) is 4.98 Å². The number of thiophene rings is 1. The molecule has 2 heterocycles. The van der Waals surface area contributed by atoms with Crippen molar-refractivity contribution >= 4 is 63.8 Å². The maximum absolute atomic E-state index is 4.41. The Morgan fingerprint density at radius 1 is 0.378 bits per heavy atom. The molecule has 0 spiro atoms. The lowest BCUT2D eigenvalue weighted by Crippen LogP contribution is -1.86. The van der Waals surface area contributed by atoms with Crippen molar-refractivity contribution in [1.29, 1.82) is 0 Å². The van der Waals surface area contributed by atoms with E-state index in [1.54, 1.807) is 0 Å². The molecular formula is C35H21NS. The highest BCUT2D eigenvalue weighted by Gasteiger charge is 2.11. The van der Waals surface area contributed by atoms with E-state index in [1.165, 1.54) is 74.7 Å². The van der Waals surface area contributed by atoms with Gasteiger partial charge in [-0.2, -0.15) is 0 Å². The van der Waals surface area contributed by atoms with Crippen molar-refractivity contribution in [2.24, 2.45) is 0 Å². The molecule has 0 aliphatic rings. The van der Waals surface area contributed by atoms with Crippen molar-refractivity contribution in [3.63, 3.8) is 0 Å². The Kier molecular flexibility index (Phi) is 4.46. The first-order valence-electron chi connectivity index (χ1n) is 12.5. The highest BCUT2D eigenvalue weighted by atomic mass is 32.1. The van der Waals surface area contributed by atoms with Crippen molar-refractivity contribution in [2.45, 2.75) is 0 Å². The Morgan fingerprint density at radius 2 is 0.973 bits per heavy atom. The predicted molar refractivity (Wildman–Crippen MR) is 161 cm³/mol. The van der Waals surface area contributed by atoms with Gasteiger partial charge in [0.05, 0.1) is 0 Å². The second kappa shape index (κ2) is 7.99. The largest absolute Gasteiger partial charge is 0.264 e. The maximum Gasteiger partial charge on any atom is 0.0355 e. The molecule has 0 saturated carbocycles. The van der Waals surface area contributed by atoms with Crippen molar-refractivity contribution in [2.75, 3.05) is 0 Å². The third kappa shape index (κ3) is 3.20. The number of rotatable bonds is 2. The molecule has 0 amide bonds. The molecule has 2 aromatic heterocycles. The van der Waals surface area contributed by atoms with Crippen LogP contribution in [0.2, 0.25) is 0 Å². The van der Waals surface area contributed by atoms with Crippen LogP contribution in [-0.2, 0) is 0 Å². The van der Waals surface area contributed by atoms with E-state index in [2.05, 4.69) is 120 Å². The average Bonchev–Trinajstić information content (AvgIpc) is 3.35. The van der Waals surface area contributed by atoms with Crippen LogP contribution in [0.1, 0.15) is 0 Å². The van der Waals surface area contributed by atoms with Crippen LogP contribution in [-0.4, -0.2) is 4.98 Å². The molecule has 0 N–H and O–H groups in total. The molecule has 2 heteroatoms. The molecule has 8 aromatic rings. The molecule has 37 heavy (non-hydrogen) atoms. The van der Waals surface area contributed by atoms with E-state index in [9.17, 15) is 0 Å². The van der Waals surface area contributed by atoms with Gasteiger partial charge in [0.1, 0.15) is 0 Å². The predicted octanol–water partition coefficient (Wildman–Crippen LogP) is 10.2. The SMILES string of the molecule is c1cc(-c2ccc3sc4ccccc4c3c2)cc(-c2ccc3c4ccncc4c4ccccc4c3c2)c1. The van der Waals surface area contributed by atoms with Gasteiger partial charge in [0, 0.05) is 38.0 Å². The second-order valence-electron chi connectivity index (χ2n) is 9.62. The minimum atomic E-state index is 1.21. The van der Waals surface area contributed by atoms with Crippen LogP contribution in [0, 0.1) is 0 Å². The third-order valence-corrected chi connectivity index (χ3v) is 8.70. The number of aromatic nitrogens is 1. The molecule has 0 radical (unpaired) electrons. The fraction of sp³-hybridized carbons (Fsp3) is 0. The van der Waals surface area contributed by atoms with Gasteiger partial charge >= 0.3 is 0 Å². The summed E-state index contributed by atoms with van der Waals surface area (Å²) in [5.74, 6) is 0. The van der Waals surface area contributed by atoms with Crippen LogP contribution in [0.3, 0.4) is 0 Å². The van der Waals surface area contributed by atoms with Crippen LogP contribution in [0.5, 0.6) is 0 Å². The molecular weight excluding hydrogens is 466 g/mol. The summed E-state index contributed by atoms with van der Waals surface area (Å²) in [4.78, 5) is 4.41. The summed E-state index contributed by atoms with van der Waals surface area (Å²) in [6.45, 7) is 0. The Morgan fingerprint density at radius 3 is 1.81 bits per heavy atom. The number of hydrogen-bond donors (Lipinski definition) is 0. The molecule has 0 fully saturated rings. The summed E-state index contributed by atoms with van der Waals surface area (Å²) in [7, 11) is 0. The van der Waals surface area contributed by atoms with E-state index in [1.807, 2.05) is 23.7 Å². The first-order valence-corrected chi connectivity index (χ1v) is 13.4. The van der Waals surface area contributed by atoms with Crippen LogP contribution < -0.4 is 0 Å². The third-order valence-electron chi connectivity index (χ3n) is 7.54. The first kappa shape index (κ1) is 20.6. The quantitative estimate of drug-likeness (QED) is 0.221. The molecule has 1 nitrogen and oxygen atoms in total. The summed E-state index contributed by atoms with van der Waals surface area (Å²) < 4.78 is 2.68. The molecule has 6 aromatic carbocycles. The van der Waals surface area contributed by atoms with E-state index in [0.717, 1.165) is 0 Å². The summed E-state index contributed by atoms with van der Waals surface area (Å²) in [6.07, 6.45) is 3.88. The summed E-state index contributed by atoms with van der Waals surface area (Å²) in [6, 6.07) is 42.2. The van der Waals surface area contributed by atoms with Crippen LogP contribution in [0.25, 0.3) is 74.7 Å². The van der Waals surface area contributed by atoms with Crippen LogP contribution >= 0.6 is 11.3 Å². The fourth-order valence-electron chi connectivity index (χ4n) is 5.76. The van der Waals surface area contributed by atoms with Crippen molar-refractivity contribution in [3.05, 3.63) is 128 Å². The molecule has 0 aliphatic heterocycles. The Bertz CT molecular complexity index is 2120.